The zero-order valence-electron chi connectivity index (χ0n) is 14.8. The number of imide groups is 1. The molecule has 2 aliphatic rings. The predicted octanol–water partition coefficient (Wildman–Crippen LogP) is 1.05. The number of carbonyl (C=O) groups excluding carboxylic acids is 3. The van der Waals surface area contributed by atoms with Crippen LogP contribution < -0.4 is 4.74 Å². The van der Waals surface area contributed by atoms with E-state index in [0.717, 1.165) is 16.7 Å². The first-order valence-electron chi connectivity index (χ1n) is 8.50. The number of ether oxygens (including phenoxy) is 2. The molecule has 9 nitrogen and oxygen atoms in total. The lowest BCUT2D eigenvalue weighted by Crippen LogP contribution is -2.46. The van der Waals surface area contributed by atoms with Gasteiger partial charge >= 0.3 is 5.97 Å². The maximum Gasteiger partial charge on any atom is 0.341 e. The number of hydrogen-bond acceptors (Lipinski definition) is 7. The Kier molecular flexibility index (Phi) is 6.32. The quantitative estimate of drug-likeness (QED) is 0.698. The van der Waals surface area contributed by atoms with Crippen LogP contribution in [0.4, 0.5) is 4.79 Å². The van der Waals surface area contributed by atoms with Gasteiger partial charge in [0.15, 0.2) is 6.61 Å². The summed E-state index contributed by atoms with van der Waals surface area (Å²) in [6, 6.07) is 6.58. The Morgan fingerprint density at radius 3 is 2.64 bits per heavy atom. The second kappa shape index (κ2) is 8.89. The van der Waals surface area contributed by atoms with Gasteiger partial charge in [0.05, 0.1) is 18.1 Å². The lowest BCUT2D eigenvalue weighted by atomic mass is 10.2. The summed E-state index contributed by atoms with van der Waals surface area (Å²) in [7, 11) is 0. The van der Waals surface area contributed by atoms with Gasteiger partial charge in [-0.1, -0.05) is 18.2 Å². The van der Waals surface area contributed by atoms with E-state index in [2.05, 4.69) is 0 Å². The van der Waals surface area contributed by atoms with Crippen LogP contribution in [0.25, 0.3) is 6.08 Å². The predicted molar refractivity (Wildman–Crippen MR) is 99.6 cm³/mol. The van der Waals surface area contributed by atoms with Gasteiger partial charge in [-0.3, -0.25) is 19.3 Å². The molecule has 0 radical (unpaired) electrons. The van der Waals surface area contributed by atoms with Crippen LogP contribution in [-0.2, 0) is 19.1 Å². The highest BCUT2D eigenvalue weighted by atomic mass is 32.2. The number of aliphatic carboxylic acids is 1. The second-order valence-electron chi connectivity index (χ2n) is 5.98. The smallest absolute Gasteiger partial charge is 0.341 e. The van der Waals surface area contributed by atoms with Gasteiger partial charge in [0, 0.05) is 18.7 Å². The van der Waals surface area contributed by atoms with Crippen molar-refractivity contribution in [2.24, 2.45) is 0 Å². The minimum atomic E-state index is -1.13. The SMILES string of the molecule is O=C(O)COc1ccccc1/C=C1/SC(=O)N(CC(=O)N2CCOCC2)C1=O. The van der Waals surface area contributed by atoms with E-state index < -0.39 is 23.7 Å². The third-order valence-corrected chi connectivity index (χ3v) is 4.99. The fourth-order valence-electron chi connectivity index (χ4n) is 2.70. The number of benzene rings is 1. The topological polar surface area (TPSA) is 113 Å². The molecule has 0 saturated carbocycles. The monoisotopic (exact) mass is 406 g/mol. The van der Waals surface area contributed by atoms with E-state index in [4.69, 9.17) is 14.6 Å². The van der Waals surface area contributed by atoms with Crippen molar-refractivity contribution in [2.45, 2.75) is 0 Å². The van der Waals surface area contributed by atoms with Crippen LogP contribution in [0.15, 0.2) is 29.2 Å². The van der Waals surface area contributed by atoms with E-state index in [-0.39, 0.29) is 23.1 Å². The molecule has 148 valence electrons. The van der Waals surface area contributed by atoms with Crippen molar-refractivity contribution in [3.05, 3.63) is 34.7 Å². The Labute approximate surface area is 164 Å². The number of amides is 3. The van der Waals surface area contributed by atoms with Gasteiger partial charge in [0.2, 0.25) is 5.91 Å². The average Bonchev–Trinajstić information content (AvgIpc) is 2.95. The summed E-state index contributed by atoms with van der Waals surface area (Å²) in [5, 5.41) is 8.23. The maximum atomic E-state index is 12.6. The molecule has 0 spiro atoms. The van der Waals surface area contributed by atoms with Crippen LogP contribution in [0.3, 0.4) is 0 Å². The molecule has 0 atom stereocenters. The van der Waals surface area contributed by atoms with Crippen molar-refractivity contribution in [2.75, 3.05) is 39.5 Å². The van der Waals surface area contributed by atoms with Crippen LogP contribution in [0.1, 0.15) is 5.56 Å². The van der Waals surface area contributed by atoms with Crippen LogP contribution in [0.5, 0.6) is 5.75 Å². The Morgan fingerprint density at radius 2 is 1.93 bits per heavy atom. The van der Waals surface area contributed by atoms with E-state index in [9.17, 15) is 19.2 Å². The molecule has 3 rings (SSSR count). The van der Waals surface area contributed by atoms with Crippen LogP contribution in [-0.4, -0.2) is 77.4 Å². The molecule has 2 aliphatic heterocycles. The number of morpholine rings is 1. The van der Waals surface area contributed by atoms with Crippen molar-refractivity contribution >= 4 is 40.9 Å². The summed E-state index contributed by atoms with van der Waals surface area (Å²) in [4.78, 5) is 50.5. The molecule has 1 aromatic carbocycles. The van der Waals surface area contributed by atoms with E-state index in [0.29, 0.717) is 31.9 Å². The van der Waals surface area contributed by atoms with Gasteiger partial charge in [-0.25, -0.2) is 4.79 Å². The Bertz CT molecular complexity index is 833. The zero-order chi connectivity index (χ0) is 20.1. The highest BCUT2D eigenvalue weighted by Gasteiger charge is 2.37. The summed E-state index contributed by atoms with van der Waals surface area (Å²) < 4.78 is 10.4. The van der Waals surface area contributed by atoms with Gasteiger partial charge in [-0.05, 0) is 23.9 Å². The third-order valence-electron chi connectivity index (χ3n) is 4.09. The van der Waals surface area contributed by atoms with Crippen molar-refractivity contribution < 1.29 is 33.8 Å². The molecule has 0 aliphatic carbocycles. The first kappa shape index (κ1) is 19.9. The lowest BCUT2D eigenvalue weighted by Gasteiger charge is -2.28. The Balaban J connectivity index is 1.72. The standard InChI is InChI=1S/C18H18N2O7S/c21-15(19-5-7-26-8-6-19)10-20-17(24)14(28-18(20)25)9-12-3-1-2-4-13(12)27-11-16(22)23/h1-4,9H,5-8,10-11H2,(H,22,23)/b14-9+. The lowest BCUT2D eigenvalue weighted by molar-refractivity contribution is -0.139. The number of carboxylic acid groups (broad SMARTS) is 1. The first-order valence-corrected chi connectivity index (χ1v) is 9.32. The molecular formula is C18H18N2O7S. The minimum Gasteiger partial charge on any atom is -0.481 e. The van der Waals surface area contributed by atoms with Gasteiger partial charge in [0.1, 0.15) is 12.3 Å². The Morgan fingerprint density at radius 1 is 1.21 bits per heavy atom. The van der Waals surface area contributed by atoms with E-state index in [1.165, 1.54) is 6.08 Å². The summed E-state index contributed by atoms with van der Waals surface area (Å²) in [5.74, 6) is -1.72. The summed E-state index contributed by atoms with van der Waals surface area (Å²) in [5.41, 5.74) is 0.466. The molecule has 0 unspecified atom stereocenters. The maximum absolute atomic E-state index is 12.6. The Hall–Kier alpha value is -2.85. The highest BCUT2D eigenvalue weighted by Crippen LogP contribution is 2.34. The van der Waals surface area contributed by atoms with Gasteiger partial charge in [-0.15, -0.1) is 0 Å². The molecule has 1 aromatic rings. The molecule has 28 heavy (non-hydrogen) atoms. The molecule has 2 saturated heterocycles. The van der Waals surface area contributed by atoms with E-state index in [1.54, 1.807) is 29.2 Å². The second-order valence-corrected chi connectivity index (χ2v) is 6.97. The van der Waals surface area contributed by atoms with Gasteiger partial charge < -0.3 is 19.5 Å². The summed E-state index contributed by atoms with van der Waals surface area (Å²) in [6.07, 6.45) is 1.46. The molecular weight excluding hydrogens is 388 g/mol. The van der Waals surface area contributed by atoms with E-state index >= 15 is 0 Å². The first-order chi connectivity index (χ1) is 13.5. The number of hydrogen-bond donors (Lipinski definition) is 1. The summed E-state index contributed by atoms with van der Waals surface area (Å²) in [6.45, 7) is 0.874. The highest BCUT2D eigenvalue weighted by molar-refractivity contribution is 8.18. The van der Waals surface area contributed by atoms with Crippen molar-refractivity contribution in [1.82, 2.24) is 9.80 Å². The van der Waals surface area contributed by atoms with Crippen molar-refractivity contribution in [3.8, 4) is 5.75 Å². The largest absolute Gasteiger partial charge is 0.481 e. The normalized spacial score (nSPS) is 18.6. The molecule has 1 N–H and O–H groups in total. The molecule has 3 amide bonds. The number of nitrogens with zero attached hydrogens (tertiary/aromatic N) is 2. The average molecular weight is 406 g/mol. The number of para-hydroxylation sites is 1. The minimum absolute atomic E-state index is 0.145. The third kappa shape index (κ3) is 4.70. The van der Waals surface area contributed by atoms with E-state index in [1.807, 2.05) is 0 Å². The van der Waals surface area contributed by atoms with Gasteiger partial charge in [0.25, 0.3) is 11.1 Å². The van der Waals surface area contributed by atoms with Crippen molar-refractivity contribution in [1.29, 1.82) is 0 Å². The molecule has 2 heterocycles. The number of thioether (sulfide) groups is 1. The number of rotatable bonds is 6. The number of carbonyl (C=O) groups is 4. The fourth-order valence-corrected chi connectivity index (χ4v) is 3.53. The van der Waals surface area contributed by atoms with Crippen molar-refractivity contribution in [3.63, 3.8) is 0 Å². The molecule has 0 bridgehead atoms. The zero-order valence-corrected chi connectivity index (χ0v) is 15.6. The fraction of sp³-hybridized carbons (Fsp3) is 0.333. The van der Waals surface area contributed by atoms with Crippen LogP contribution in [0, 0.1) is 0 Å². The molecule has 10 heteroatoms. The molecule has 2 fully saturated rings. The summed E-state index contributed by atoms with van der Waals surface area (Å²) >= 11 is 0.730. The van der Waals surface area contributed by atoms with Gasteiger partial charge in [-0.2, -0.15) is 0 Å². The molecule has 0 aromatic heterocycles. The van der Waals surface area contributed by atoms with Crippen LogP contribution in [0.2, 0.25) is 0 Å². The number of carboxylic acids is 1. The van der Waals surface area contributed by atoms with Crippen LogP contribution >= 0.6 is 11.8 Å².